The maximum atomic E-state index is 11.2. The molecule has 1 amide bonds. The molecule has 1 aromatic heterocycles. The molecule has 20 heavy (non-hydrogen) atoms. The highest BCUT2D eigenvalue weighted by Gasteiger charge is 2.30. The molecule has 1 fully saturated rings. The third kappa shape index (κ3) is 2.48. The van der Waals surface area contributed by atoms with Gasteiger partial charge in [0, 0.05) is 19.6 Å². The summed E-state index contributed by atoms with van der Waals surface area (Å²) in [6.45, 7) is 6.07. The maximum absolute atomic E-state index is 11.2. The summed E-state index contributed by atoms with van der Waals surface area (Å²) in [6, 6.07) is 6.16. The molecule has 2 aromatic rings. The van der Waals surface area contributed by atoms with Crippen LogP contribution in [-0.4, -0.2) is 39.3 Å². The van der Waals surface area contributed by atoms with Gasteiger partial charge in [-0.05, 0) is 30.5 Å². The van der Waals surface area contributed by atoms with Crippen molar-refractivity contribution in [3.63, 3.8) is 0 Å². The van der Waals surface area contributed by atoms with Gasteiger partial charge in [-0.25, -0.2) is 19.8 Å². The van der Waals surface area contributed by atoms with Crippen molar-refractivity contribution in [2.24, 2.45) is 5.92 Å². The number of benzene rings is 1. The number of amides is 1. The molecule has 3 rings (SSSR count). The first-order valence-corrected chi connectivity index (χ1v) is 7.46. The molecule has 2 heterocycles. The molecule has 1 aliphatic heterocycles. The highest BCUT2D eigenvalue weighted by atomic mass is 32.1. The molecule has 0 bridgehead atoms. The Bertz CT molecular complexity index is 655. The highest BCUT2D eigenvalue weighted by Crippen LogP contribution is 2.25. The molecular weight excluding hydrogens is 274 g/mol. The van der Waals surface area contributed by atoms with Gasteiger partial charge in [-0.3, -0.25) is 0 Å². The average Bonchev–Trinajstić information content (AvgIpc) is 2.91. The Hall–Kier alpha value is -1.66. The molecule has 1 aliphatic rings. The Morgan fingerprint density at radius 3 is 3.05 bits per heavy atom. The van der Waals surface area contributed by atoms with Crippen LogP contribution in [0.3, 0.4) is 0 Å². The minimum absolute atomic E-state index is 0.375. The van der Waals surface area contributed by atoms with Gasteiger partial charge < -0.3 is 5.11 Å². The van der Waals surface area contributed by atoms with Crippen molar-refractivity contribution in [1.29, 1.82) is 0 Å². The Morgan fingerprint density at radius 1 is 1.50 bits per heavy atom. The molecular formula is C14H17N3O2S. The normalized spacial score (nSPS) is 19.9. The molecule has 1 N–H and O–H groups in total. The monoisotopic (exact) mass is 291 g/mol. The third-order valence-corrected chi connectivity index (χ3v) is 4.43. The van der Waals surface area contributed by atoms with Crippen LogP contribution in [0.15, 0.2) is 18.2 Å². The number of carbonyl (C=O) groups is 1. The summed E-state index contributed by atoms with van der Waals surface area (Å²) in [5, 5.41) is 13.6. The Morgan fingerprint density at radius 2 is 2.30 bits per heavy atom. The number of hydrazine groups is 1. The van der Waals surface area contributed by atoms with Gasteiger partial charge >= 0.3 is 6.09 Å². The number of fused-ring (bicyclic) bond motifs is 1. The van der Waals surface area contributed by atoms with Crippen molar-refractivity contribution in [3.05, 3.63) is 28.8 Å². The van der Waals surface area contributed by atoms with Gasteiger partial charge in [-0.1, -0.05) is 13.0 Å². The fourth-order valence-corrected chi connectivity index (χ4v) is 3.56. The molecule has 1 saturated heterocycles. The van der Waals surface area contributed by atoms with E-state index < -0.39 is 6.09 Å². The van der Waals surface area contributed by atoms with Crippen LogP contribution in [0, 0.1) is 12.8 Å². The molecule has 1 unspecified atom stereocenters. The van der Waals surface area contributed by atoms with E-state index in [1.807, 2.05) is 24.1 Å². The van der Waals surface area contributed by atoms with Gasteiger partial charge in [0.25, 0.3) is 0 Å². The number of carboxylic acid groups (broad SMARTS) is 1. The topological polar surface area (TPSA) is 56.7 Å². The second-order valence-electron chi connectivity index (χ2n) is 5.35. The molecule has 106 valence electrons. The van der Waals surface area contributed by atoms with E-state index in [0.717, 1.165) is 27.3 Å². The van der Waals surface area contributed by atoms with E-state index >= 15 is 0 Å². The van der Waals surface area contributed by atoms with Gasteiger partial charge in [0.2, 0.25) is 0 Å². The van der Waals surface area contributed by atoms with Crippen LogP contribution >= 0.6 is 11.3 Å². The first kappa shape index (κ1) is 13.3. The zero-order valence-corrected chi connectivity index (χ0v) is 12.4. The zero-order valence-electron chi connectivity index (χ0n) is 11.5. The highest BCUT2D eigenvalue weighted by molar-refractivity contribution is 7.18. The minimum Gasteiger partial charge on any atom is -0.464 e. The third-order valence-electron chi connectivity index (χ3n) is 3.49. The number of nitrogens with zero attached hydrogens (tertiary/aromatic N) is 3. The summed E-state index contributed by atoms with van der Waals surface area (Å²) in [5.74, 6) is 0.375. The first-order chi connectivity index (χ1) is 9.52. The van der Waals surface area contributed by atoms with Crippen LogP contribution in [0.5, 0.6) is 0 Å². The fraction of sp³-hybridized carbons (Fsp3) is 0.429. The molecule has 6 heteroatoms. The molecule has 0 aliphatic carbocycles. The van der Waals surface area contributed by atoms with Crippen LogP contribution in [0.4, 0.5) is 4.79 Å². The van der Waals surface area contributed by atoms with E-state index in [-0.39, 0.29) is 0 Å². The van der Waals surface area contributed by atoms with Crippen molar-refractivity contribution in [2.75, 3.05) is 13.1 Å². The largest absolute Gasteiger partial charge is 0.464 e. The summed E-state index contributed by atoms with van der Waals surface area (Å²) in [4.78, 5) is 15.7. The van der Waals surface area contributed by atoms with E-state index in [1.165, 1.54) is 5.01 Å². The zero-order chi connectivity index (χ0) is 14.3. The molecule has 1 atom stereocenters. The van der Waals surface area contributed by atoms with Crippen LogP contribution in [0.1, 0.15) is 17.5 Å². The average molecular weight is 291 g/mol. The van der Waals surface area contributed by atoms with E-state index in [2.05, 4.69) is 18.0 Å². The summed E-state index contributed by atoms with van der Waals surface area (Å²) < 4.78 is 1.16. The summed E-state index contributed by atoms with van der Waals surface area (Å²) in [7, 11) is 0. The Balaban J connectivity index is 1.83. The van der Waals surface area contributed by atoms with Crippen molar-refractivity contribution in [3.8, 4) is 0 Å². The molecule has 0 radical (unpaired) electrons. The number of thiazole rings is 1. The SMILES string of the molecule is Cc1nc2ccc(CN3CC(C)CN3C(=O)O)cc2s1. The quantitative estimate of drug-likeness (QED) is 0.924. The lowest BCUT2D eigenvalue weighted by atomic mass is 10.2. The van der Waals surface area contributed by atoms with E-state index in [0.29, 0.717) is 19.0 Å². The van der Waals surface area contributed by atoms with Gasteiger partial charge in [0.1, 0.15) is 0 Å². The molecule has 5 nitrogen and oxygen atoms in total. The van der Waals surface area contributed by atoms with E-state index in [4.69, 9.17) is 0 Å². The Kier molecular flexibility index (Phi) is 3.35. The molecule has 0 saturated carbocycles. The van der Waals surface area contributed by atoms with Gasteiger partial charge in [-0.2, -0.15) is 0 Å². The predicted octanol–water partition coefficient (Wildman–Crippen LogP) is 2.95. The minimum atomic E-state index is -0.871. The number of hydrogen-bond acceptors (Lipinski definition) is 4. The first-order valence-electron chi connectivity index (χ1n) is 6.64. The summed E-state index contributed by atoms with van der Waals surface area (Å²) in [5.41, 5.74) is 2.14. The molecule has 0 spiro atoms. The molecule has 1 aromatic carbocycles. The number of rotatable bonds is 2. The van der Waals surface area contributed by atoms with Crippen molar-refractivity contribution in [2.45, 2.75) is 20.4 Å². The lowest BCUT2D eigenvalue weighted by Crippen LogP contribution is -2.39. The van der Waals surface area contributed by atoms with Gasteiger partial charge in [0.15, 0.2) is 0 Å². The van der Waals surface area contributed by atoms with Gasteiger partial charge in [-0.15, -0.1) is 11.3 Å². The standard InChI is InChI=1S/C14H17N3O2S/c1-9-6-16(17(7-9)14(18)19)8-11-3-4-12-13(5-11)20-10(2)15-12/h3-5,9H,6-8H2,1-2H3,(H,18,19). The lowest BCUT2D eigenvalue weighted by Gasteiger charge is -2.25. The van der Waals surface area contributed by atoms with E-state index in [9.17, 15) is 9.90 Å². The fourth-order valence-electron chi connectivity index (χ4n) is 2.67. The number of aromatic nitrogens is 1. The second kappa shape index (κ2) is 5.03. The lowest BCUT2D eigenvalue weighted by molar-refractivity contribution is 0.0268. The number of aryl methyl sites for hydroxylation is 1. The van der Waals surface area contributed by atoms with Crippen molar-refractivity contribution < 1.29 is 9.90 Å². The smallest absolute Gasteiger partial charge is 0.422 e. The van der Waals surface area contributed by atoms with Gasteiger partial charge in [0.05, 0.1) is 15.2 Å². The Labute approximate surface area is 121 Å². The van der Waals surface area contributed by atoms with Crippen LogP contribution in [-0.2, 0) is 6.54 Å². The van der Waals surface area contributed by atoms with Crippen LogP contribution in [0.2, 0.25) is 0 Å². The summed E-state index contributed by atoms with van der Waals surface area (Å²) >= 11 is 1.67. The number of hydrogen-bond donors (Lipinski definition) is 1. The second-order valence-corrected chi connectivity index (χ2v) is 6.59. The van der Waals surface area contributed by atoms with Crippen LogP contribution < -0.4 is 0 Å². The van der Waals surface area contributed by atoms with Crippen molar-refractivity contribution in [1.82, 2.24) is 15.0 Å². The van der Waals surface area contributed by atoms with Crippen molar-refractivity contribution >= 4 is 27.6 Å². The van der Waals surface area contributed by atoms with Crippen LogP contribution in [0.25, 0.3) is 10.2 Å². The predicted molar refractivity (Wildman–Crippen MR) is 78.7 cm³/mol. The van der Waals surface area contributed by atoms with E-state index in [1.54, 1.807) is 11.3 Å². The maximum Gasteiger partial charge on any atom is 0.422 e. The summed E-state index contributed by atoms with van der Waals surface area (Å²) in [6.07, 6.45) is -0.871.